The molecule has 4 nitrogen and oxygen atoms in total. The normalized spacial score (nSPS) is 17.8. The number of halogens is 1. The third kappa shape index (κ3) is 3.40. The Morgan fingerprint density at radius 1 is 1.32 bits per heavy atom. The lowest BCUT2D eigenvalue weighted by Crippen LogP contribution is -2.40. The van der Waals surface area contributed by atoms with E-state index in [1.165, 1.54) is 17.7 Å². The van der Waals surface area contributed by atoms with Crippen LogP contribution in [0.15, 0.2) is 48.8 Å². The number of pyridine rings is 1. The molecule has 1 aliphatic heterocycles. The number of likely N-dealkylation sites (tertiary alicyclic amines) is 1. The molecule has 1 atom stereocenters. The molecule has 0 unspecified atom stereocenters. The molecule has 1 saturated heterocycles. The highest BCUT2D eigenvalue weighted by Gasteiger charge is 2.25. The van der Waals surface area contributed by atoms with Crippen LogP contribution in [0.3, 0.4) is 0 Å². The number of aromatic nitrogens is 2. The third-order valence-electron chi connectivity index (χ3n) is 4.87. The summed E-state index contributed by atoms with van der Waals surface area (Å²) in [7, 11) is 0. The van der Waals surface area contributed by atoms with Crippen molar-refractivity contribution in [2.24, 2.45) is 5.92 Å². The Labute approximate surface area is 145 Å². The first kappa shape index (κ1) is 15.8. The molecule has 3 heterocycles. The van der Waals surface area contributed by atoms with Crippen LogP contribution < -0.4 is 0 Å². The number of fused-ring (bicyclic) bond motifs is 1. The Balaban J connectivity index is 1.49. The fourth-order valence-corrected chi connectivity index (χ4v) is 3.65. The Morgan fingerprint density at radius 2 is 2.24 bits per heavy atom. The monoisotopic (exact) mass is 337 g/mol. The SMILES string of the molecule is O=C(c1cc2ccc(F)cc2[nH]1)N1CCC[C@@H](Cc2cccnc2)C1. The van der Waals surface area contributed by atoms with Gasteiger partial charge in [0.15, 0.2) is 0 Å². The van der Waals surface area contributed by atoms with Gasteiger partial charge < -0.3 is 9.88 Å². The van der Waals surface area contributed by atoms with Crippen LogP contribution >= 0.6 is 0 Å². The fourth-order valence-electron chi connectivity index (χ4n) is 3.65. The van der Waals surface area contributed by atoms with Crippen molar-refractivity contribution < 1.29 is 9.18 Å². The first-order valence-corrected chi connectivity index (χ1v) is 8.65. The number of nitrogens with zero attached hydrogens (tertiary/aromatic N) is 2. The molecule has 0 bridgehead atoms. The van der Waals surface area contributed by atoms with Gasteiger partial charge in [-0.15, -0.1) is 0 Å². The van der Waals surface area contributed by atoms with Gasteiger partial charge in [-0.3, -0.25) is 9.78 Å². The van der Waals surface area contributed by atoms with Crippen molar-refractivity contribution in [3.8, 4) is 0 Å². The summed E-state index contributed by atoms with van der Waals surface area (Å²) in [6, 6.07) is 10.4. The summed E-state index contributed by atoms with van der Waals surface area (Å²) < 4.78 is 13.3. The Bertz CT molecular complexity index is 890. The van der Waals surface area contributed by atoms with Crippen molar-refractivity contribution in [3.63, 3.8) is 0 Å². The number of amides is 1. The number of carbonyl (C=O) groups is 1. The van der Waals surface area contributed by atoms with Crippen LogP contribution in [0.25, 0.3) is 10.9 Å². The minimum Gasteiger partial charge on any atom is -0.350 e. The summed E-state index contributed by atoms with van der Waals surface area (Å²) in [4.78, 5) is 22.0. The molecule has 3 aromatic rings. The van der Waals surface area contributed by atoms with Crippen molar-refractivity contribution in [2.75, 3.05) is 13.1 Å². The highest BCUT2D eigenvalue weighted by atomic mass is 19.1. The molecule has 0 spiro atoms. The Kier molecular flexibility index (Phi) is 4.22. The van der Waals surface area contributed by atoms with Crippen molar-refractivity contribution in [2.45, 2.75) is 19.3 Å². The average molecular weight is 337 g/mol. The standard InChI is InChI=1S/C20H20FN3O/c21-17-6-5-16-10-19(23-18(16)11-17)20(25)24-8-2-4-15(13-24)9-14-3-1-7-22-12-14/h1,3,5-7,10-12,15,23H,2,4,8-9,13H2/t15-/m0/s1. The zero-order valence-corrected chi connectivity index (χ0v) is 13.9. The summed E-state index contributed by atoms with van der Waals surface area (Å²) in [6.07, 6.45) is 6.74. The highest BCUT2D eigenvalue weighted by Crippen LogP contribution is 2.23. The summed E-state index contributed by atoms with van der Waals surface area (Å²) in [6.45, 7) is 1.52. The first-order valence-electron chi connectivity index (χ1n) is 8.65. The maximum absolute atomic E-state index is 13.3. The molecule has 1 aliphatic rings. The minimum atomic E-state index is -0.303. The van der Waals surface area contributed by atoms with Gasteiger partial charge in [0.05, 0.1) is 0 Å². The Hall–Kier alpha value is -2.69. The van der Waals surface area contributed by atoms with Crippen molar-refractivity contribution in [1.82, 2.24) is 14.9 Å². The number of rotatable bonds is 3. The van der Waals surface area contributed by atoms with Crippen molar-refractivity contribution in [3.05, 3.63) is 65.9 Å². The second kappa shape index (κ2) is 6.67. The molecule has 5 heteroatoms. The van der Waals surface area contributed by atoms with Crippen LogP contribution in [-0.4, -0.2) is 33.9 Å². The Morgan fingerprint density at radius 3 is 3.08 bits per heavy atom. The van der Waals surface area contributed by atoms with Gasteiger partial charge in [0.2, 0.25) is 0 Å². The number of hydrogen-bond donors (Lipinski definition) is 1. The topological polar surface area (TPSA) is 49.0 Å². The molecule has 2 aromatic heterocycles. The van der Waals surface area contributed by atoms with E-state index in [0.29, 0.717) is 17.1 Å². The molecule has 1 fully saturated rings. The van der Waals surface area contributed by atoms with Gasteiger partial charge in [0.1, 0.15) is 11.5 Å². The van der Waals surface area contributed by atoms with Crippen molar-refractivity contribution >= 4 is 16.8 Å². The van der Waals surface area contributed by atoms with E-state index in [1.54, 1.807) is 12.3 Å². The summed E-state index contributed by atoms with van der Waals surface area (Å²) in [5.74, 6) is 0.138. The molecule has 25 heavy (non-hydrogen) atoms. The second-order valence-corrected chi connectivity index (χ2v) is 6.74. The van der Waals surface area contributed by atoms with Gasteiger partial charge in [0, 0.05) is 36.4 Å². The smallest absolute Gasteiger partial charge is 0.270 e. The van der Waals surface area contributed by atoms with E-state index in [2.05, 4.69) is 16.0 Å². The van der Waals surface area contributed by atoms with Crippen LogP contribution in [0.1, 0.15) is 28.9 Å². The predicted octanol–water partition coefficient (Wildman–Crippen LogP) is 3.80. The number of carbonyl (C=O) groups excluding carboxylic acids is 1. The van der Waals surface area contributed by atoms with Gasteiger partial charge in [-0.2, -0.15) is 0 Å². The van der Waals surface area contributed by atoms with Gasteiger partial charge in [0.25, 0.3) is 5.91 Å². The lowest BCUT2D eigenvalue weighted by Gasteiger charge is -2.32. The first-order chi connectivity index (χ1) is 12.2. The zero-order chi connectivity index (χ0) is 17.2. The maximum Gasteiger partial charge on any atom is 0.270 e. The summed E-state index contributed by atoms with van der Waals surface area (Å²) in [5, 5.41) is 0.855. The number of H-pyrrole nitrogens is 1. The molecule has 4 rings (SSSR count). The van der Waals surface area contributed by atoms with E-state index in [9.17, 15) is 9.18 Å². The number of nitrogens with one attached hydrogen (secondary N) is 1. The molecule has 0 aliphatic carbocycles. The fraction of sp³-hybridized carbons (Fsp3) is 0.300. The van der Waals surface area contributed by atoms with E-state index in [0.717, 1.165) is 37.7 Å². The zero-order valence-electron chi connectivity index (χ0n) is 13.9. The van der Waals surface area contributed by atoms with Gasteiger partial charge in [-0.1, -0.05) is 6.07 Å². The molecular weight excluding hydrogens is 317 g/mol. The summed E-state index contributed by atoms with van der Waals surface area (Å²) >= 11 is 0. The van der Waals surface area contributed by atoms with Gasteiger partial charge in [-0.05, 0) is 61.1 Å². The second-order valence-electron chi connectivity index (χ2n) is 6.74. The van der Waals surface area contributed by atoms with E-state index in [4.69, 9.17) is 0 Å². The number of piperidine rings is 1. The lowest BCUT2D eigenvalue weighted by molar-refractivity contribution is 0.0668. The molecule has 1 N–H and O–H groups in total. The van der Waals surface area contributed by atoms with E-state index >= 15 is 0 Å². The summed E-state index contributed by atoms with van der Waals surface area (Å²) in [5.41, 5.74) is 2.40. The van der Waals surface area contributed by atoms with Crippen LogP contribution in [-0.2, 0) is 6.42 Å². The predicted molar refractivity (Wildman–Crippen MR) is 94.8 cm³/mol. The number of hydrogen-bond acceptors (Lipinski definition) is 2. The molecule has 0 saturated carbocycles. The van der Waals surface area contributed by atoms with Gasteiger partial charge >= 0.3 is 0 Å². The molecule has 128 valence electrons. The van der Waals surface area contributed by atoms with Crippen molar-refractivity contribution in [1.29, 1.82) is 0 Å². The lowest BCUT2D eigenvalue weighted by atomic mass is 9.92. The molecule has 1 amide bonds. The largest absolute Gasteiger partial charge is 0.350 e. The molecule has 1 aromatic carbocycles. The number of aromatic amines is 1. The molecular formula is C20H20FN3O. The van der Waals surface area contributed by atoms with E-state index in [1.807, 2.05) is 23.2 Å². The third-order valence-corrected chi connectivity index (χ3v) is 4.87. The maximum atomic E-state index is 13.3. The van der Waals surface area contributed by atoms with Gasteiger partial charge in [-0.25, -0.2) is 4.39 Å². The van der Waals surface area contributed by atoms with Crippen LogP contribution in [0.4, 0.5) is 4.39 Å². The average Bonchev–Trinajstić information content (AvgIpc) is 3.05. The van der Waals surface area contributed by atoms with E-state index < -0.39 is 0 Å². The van der Waals surface area contributed by atoms with Crippen LogP contribution in [0.2, 0.25) is 0 Å². The quantitative estimate of drug-likeness (QED) is 0.790. The van der Waals surface area contributed by atoms with Crippen LogP contribution in [0.5, 0.6) is 0 Å². The minimum absolute atomic E-state index is 0.00695. The van der Waals surface area contributed by atoms with Crippen LogP contribution in [0, 0.1) is 11.7 Å². The molecule has 0 radical (unpaired) electrons. The van der Waals surface area contributed by atoms with E-state index in [-0.39, 0.29) is 11.7 Å². The number of benzene rings is 1. The highest BCUT2D eigenvalue weighted by molar-refractivity contribution is 5.98.